The zero-order valence-corrected chi connectivity index (χ0v) is 10.3. The normalized spacial score (nSPS) is 10.2. The van der Waals surface area contributed by atoms with Gasteiger partial charge in [0, 0.05) is 6.42 Å². The van der Waals surface area contributed by atoms with Crippen LogP contribution in [0, 0.1) is 0 Å². The smallest absolute Gasteiger partial charge is 0.210 e. The molecule has 5 nitrogen and oxygen atoms in total. The molecule has 3 N–H and O–H groups in total. The van der Waals surface area contributed by atoms with Gasteiger partial charge in [0.2, 0.25) is 5.13 Å². The molecule has 0 saturated carbocycles. The highest BCUT2D eigenvalue weighted by Crippen LogP contribution is 2.28. The van der Waals surface area contributed by atoms with Crippen molar-refractivity contribution in [3.8, 4) is 5.75 Å². The van der Waals surface area contributed by atoms with Gasteiger partial charge in [-0.05, 0) is 18.7 Å². The van der Waals surface area contributed by atoms with Crippen molar-refractivity contribution in [1.29, 1.82) is 0 Å². The molecule has 2 aromatic rings. The van der Waals surface area contributed by atoms with Crippen LogP contribution in [0.2, 0.25) is 0 Å². The number of nitrogens with one attached hydrogen (secondary N) is 1. The van der Waals surface area contributed by atoms with Crippen LogP contribution >= 0.6 is 11.3 Å². The molecular formula is C11H14N4OS. The third kappa shape index (κ3) is 2.92. The lowest BCUT2D eigenvalue weighted by Crippen LogP contribution is -2.01. The lowest BCUT2D eigenvalue weighted by atomic mass is 10.3. The standard InChI is InChI=1S/C11H14N4OS/c1-16-9-5-3-2-4-8(9)13-11-15-14-10(17-11)6-7-12/h2-5H,6-7,12H2,1H3,(H,13,15). The molecule has 2 rings (SSSR count). The molecule has 0 bridgehead atoms. The van der Waals surface area contributed by atoms with E-state index in [-0.39, 0.29) is 0 Å². The fourth-order valence-corrected chi connectivity index (χ4v) is 2.16. The summed E-state index contributed by atoms with van der Waals surface area (Å²) in [5.41, 5.74) is 6.35. The van der Waals surface area contributed by atoms with E-state index in [0.29, 0.717) is 6.54 Å². The molecule has 0 unspecified atom stereocenters. The van der Waals surface area contributed by atoms with Crippen LogP contribution in [0.3, 0.4) is 0 Å². The first-order valence-corrected chi connectivity index (χ1v) is 6.07. The first-order chi connectivity index (χ1) is 8.33. The minimum absolute atomic E-state index is 0.587. The van der Waals surface area contributed by atoms with Crippen LogP contribution in [-0.4, -0.2) is 23.9 Å². The van der Waals surface area contributed by atoms with Gasteiger partial charge >= 0.3 is 0 Å². The average Bonchev–Trinajstić information content (AvgIpc) is 2.78. The van der Waals surface area contributed by atoms with Crippen molar-refractivity contribution in [3.05, 3.63) is 29.3 Å². The zero-order valence-electron chi connectivity index (χ0n) is 9.51. The van der Waals surface area contributed by atoms with E-state index in [2.05, 4.69) is 15.5 Å². The van der Waals surface area contributed by atoms with Gasteiger partial charge in [0.1, 0.15) is 10.8 Å². The molecular weight excluding hydrogens is 236 g/mol. The number of ether oxygens (including phenoxy) is 1. The van der Waals surface area contributed by atoms with Gasteiger partial charge in [-0.3, -0.25) is 0 Å². The van der Waals surface area contributed by atoms with Crippen molar-refractivity contribution in [1.82, 2.24) is 10.2 Å². The van der Waals surface area contributed by atoms with Gasteiger partial charge < -0.3 is 15.8 Å². The molecule has 0 atom stereocenters. The Labute approximate surface area is 104 Å². The van der Waals surface area contributed by atoms with Crippen LogP contribution < -0.4 is 15.8 Å². The van der Waals surface area contributed by atoms with Crippen LogP contribution in [0.15, 0.2) is 24.3 Å². The van der Waals surface area contributed by atoms with E-state index in [0.717, 1.165) is 28.0 Å². The van der Waals surface area contributed by atoms with Gasteiger partial charge in [-0.25, -0.2) is 0 Å². The lowest BCUT2D eigenvalue weighted by molar-refractivity contribution is 0.417. The maximum absolute atomic E-state index is 5.47. The fraction of sp³-hybridized carbons (Fsp3) is 0.273. The Morgan fingerprint density at radius 2 is 2.18 bits per heavy atom. The quantitative estimate of drug-likeness (QED) is 0.846. The van der Waals surface area contributed by atoms with Crippen LogP contribution in [0.4, 0.5) is 10.8 Å². The summed E-state index contributed by atoms with van der Waals surface area (Å²) < 4.78 is 5.25. The van der Waals surface area contributed by atoms with E-state index in [1.165, 1.54) is 11.3 Å². The Morgan fingerprint density at radius 1 is 1.35 bits per heavy atom. The first-order valence-electron chi connectivity index (χ1n) is 5.26. The minimum Gasteiger partial charge on any atom is -0.495 e. The second-order valence-electron chi connectivity index (χ2n) is 3.36. The monoisotopic (exact) mass is 250 g/mol. The van der Waals surface area contributed by atoms with Crippen molar-refractivity contribution in [2.75, 3.05) is 19.0 Å². The van der Waals surface area contributed by atoms with E-state index in [9.17, 15) is 0 Å². The van der Waals surface area contributed by atoms with Crippen molar-refractivity contribution >= 4 is 22.2 Å². The molecule has 0 amide bonds. The van der Waals surface area contributed by atoms with Crippen molar-refractivity contribution < 1.29 is 4.74 Å². The molecule has 0 aliphatic rings. The van der Waals surface area contributed by atoms with E-state index in [4.69, 9.17) is 10.5 Å². The summed E-state index contributed by atoms with van der Waals surface area (Å²) >= 11 is 1.50. The number of rotatable bonds is 5. The van der Waals surface area contributed by atoms with Gasteiger partial charge in [0.05, 0.1) is 12.8 Å². The molecule has 1 aromatic heterocycles. The number of hydrogen-bond donors (Lipinski definition) is 2. The number of aromatic nitrogens is 2. The number of methoxy groups -OCH3 is 1. The number of hydrogen-bond acceptors (Lipinski definition) is 6. The molecule has 0 saturated heterocycles. The Hall–Kier alpha value is -1.66. The van der Waals surface area contributed by atoms with Gasteiger partial charge in [0.25, 0.3) is 0 Å². The van der Waals surface area contributed by atoms with E-state index in [1.54, 1.807) is 7.11 Å². The Kier molecular flexibility index (Phi) is 3.89. The van der Waals surface area contributed by atoms with Gasteiger partial charge in [-0.1, -0.05) is 23.5 Å². The zero-order chi connectivity index (χ0) is 12.1. The van der Waals surface area contributed by atoms with E-state index < -0.39 is 0 Å². The Balaban J connectivity index is 2.13. The Bertz CT molecular complexity index is 486. The number of anilines is 2. The molecule has 17 heavy (non-hydrogen) atoms. The number of para-hydroxylation sites is 2. The topological polar surface area (TPSA) is 73.1 Å². The van der Waals surface area contributed by atoms with Crippen LogP contribution in [0.1, 0.15) is 5.01 Å². The average molecular weight is 250 g/mol. The van der Waals surface area contributed by atoms with E-state index >= 15 is 0 Å². The maximum Gasteiger partial charge on any atom is 0.210 e. The molecule has 1 heterocycles. The molecule has 0 radical (unpaired) electrons. The van der Waals surface area contributed by atoms with Crippen LogP contribution in [0.5, 0.6) is 5.75 Å². The molecule has 0 aliphatic heterocycles. The predicted octanol–water partition coefficient (Wildman–Crippen LogP) is 1.79. The number of nitrogens with two attached hydrogens (primary N) is 1. The SMILES string of the molecule is COc1ccccc1Nc1nnc(CCN)s1. The number of benzene rings is 1. The highest BCUT2D eigenvalue weighted by atomic mass is 32.1. The summed E-state index contributed by atoms with van der Waals surface area (Å²) in [6.07, 6.45) is 0.755. The van der Waals surface area contributed by atoms with Crippen LogP contribution in [-0.2, 0) is 6.42 Å². The van der Waals surface area contributed by atoms with Crippen molar-refractivity contribution in [2.45, 2.75) is 6.42 Å². The Morgan fingerprint density at radius 3 is 2.94 bits per heavy atom. The molecule has 1 aromatic carbocycles. The first kappa shape index (κ1) is 11.8. The van der Waals surface area contributed by atoms with Crippen LogP contribution in [0.25, 0.3) is 0 Å². The lowest BCUT2D eigenvalue weighted by Gasteiger charge is -2.07. The highest BCUT2D eigenvalue weighted by molar-refractivity contribution is 7.15. The molecule has 90 valence electrons. The minimum atomic E-state index is 0.587. The summed E-state index contributed by atoms with van der Waals surface area (Å²) in [4.78, 5) is 0. The van der Waals surface area contributed by atoms with Crippen molar-refractivity contribution in [2.24, 2.45) is 5.73 Å². The molecule has 6 heteroatoms. The highest BCUT2D eigenvalue weighted by Gasteiger charge is 2.06. The summed E-state index contributed by atoms with van der Waals surface area (Å²) in [6, 6.07) is 7.68. The third-order valence-electron chi connectivity index (χ3n) is 2.17. The maximum atomic E-state index is 5.47. The van der Waals surface area contributed by atoms with Gasteiger partial charge in [-0.15, -0.1) is 10.2 Å². The predicted molar refractivity (Wildman–Crippen MR) is 68.9 cm³/mol. The van der Waals surface area contributed by atoms with Gasteiger partial charge in [-0.2, -0.15) is 0 Å². The number of nitrogens with zero attached hydrogens (tertiary/aromatic N) is 2. The second-order valence-corrected chi connectivity index (χ2v) is 4.43. The largest absolute Gasteiger partial charge is 0.495 e. The van der Waals surface area contributed by atoms with E-state index in [1.807, 2.05) is 24.3 Å². The fourth-order valence-electron chi connectivity index (χ4n) is 1.39. The summed E-state index contributed by atoms with van der Waals surface area (Å²) in [5, 5.41) is 13.0. The summed E-state index contributed by atoms with van der Waals surface area (Å²) in [7, 11) is 1.64. The summed E-state index contributed by atoms with van der Waals surface area (Å²) in [5.74, 6) is 0.781. The molecule has 0 fully saturated rings. The third-order valence-corrected chi connectivity index (χ3v) is 3.07. The second kappa shape index (κ2) is 5.60. The molecule has 0 spiro atoms. The molecule has 0 aliphatic carbocycles. The van der Waals surface area contributed by atoms with Gasteiger partial charge in [0.15, 0.2) is 0 Å². The van der Waals surface area contributed by atoms with Crippen molar-refractivity contribution in [3.63, 3.8) is 0 Å². The summed E-state index contributed by atoms with van der Waals surface area (Å²) in [6.45, 7) is 0.587.